The zero-order valence-corrected chi connectivity index (χ0v) is 18.1. The van der Waals surface area contributed by atoms with E-state index < -0.39 is 0 Å². The highest BCUT2D eigenvalue weighted by Gasteiger charge is 2.55. The quantitative estimate of drug-likeness (QED) is 0.502. The summed E-state index contributed by atoms with van der Waals surface area (Å²) in [6, 6.07) is 10.4. The molecular weight excluding hydrogens is 422 g/mol. The molecule has 0 aliphatic heterocycles. The van der Waals surface area contributed by atoms with Gasteiger partial charge in [0, 0.05) is 19.9 Å². The summed E-state index contributed by atoms with van der Waals surface area (Å²) in [7, 11) is 1.65. The molecule has 1 fully saturated rings. The van der Waals surface area contributed by atoms with E-state index in [4.69, 9.17) is 4.52 Å². The van der Waals surface area contributed by atoms with E-state index in [0.717, 1.165) is 6.42 Å². The van der Waals surface area contributed by atoms with Crippen LogP contribution >= 0.6 is 0 Å². The third-order valence-corrected chi connectivity index (χ3v) is 6.46. The van der Waals surface area contributed by atoms with Crippen LogP contribution in [-0.4, -0.2) is 35.1 Å². The number of imidazole rings is 1. The Morgan fingerprint density at radius 1 is 1.24 bits per heavy atom. The molecule has 10 nitrogen and oxygen atoms in total. The van der Waals surface area contributed by atoms with Gasteiger partial charge in [-0.15, -0.1) is 0 Å². The summed E-state index contributed by atoms with van der Waals surface area (Å²) < 4.78 is 8.37. The van der Waals surface area contributed by atoms with Gasteiger partial charge in [-0.2, -0.15) is 9.97 Å². The van der Waals surface area contributed by atoms with Gasteiger partial charge in [0.25, 0.3) is 5.56 Å². The number of amides is 1. The zero-order chi connectivity index (χ0) is 22.7. The fraction of sp³-hybridized carbons (Fsp3) is 0.304. The minimum Gasteiger partial charge on any atom is -0.337 e. The molecular formula is C23H21N7O3. The van der Waals surface area contributed by atoms with Gasteiger partial charge in [-0.05, 0) is 29.4 Å². The van der Waals surface area contributed by atoms with Crippen LogP contribution in [0.1, 0.15) is 36.5 Å². The summed E-state index contributed by atoms with van der Waals surface area (Å²) in [5.41, 5.74) is 2.91. The first kappa shape index (κ1) is 19.6. The Labute approximate surface area is 188 Å². The van der Waals surface area contributed by atoms with Crippen LogP contribution in [0, 0.1) is 11.8 Å². The van der Waals surface area contributed by atoms with Crippen LogP contribution in [-0.2, 0) is 18.4 Å². The maximum atomic E-state index is 13.0. The van der Waals surface area contributed by atoms with Gasteiger partial charge in [-0.3, -0.25) is 19.5 Å². The van der Waals surface area contributed by atoms with E-state index in [1.54, 1.807) is 7.05 Å². The van der Waals surface area contributed by atoms with Crippen LogP contribution in [0.25, 0.3) is 16.7 Å². The Morgan fingerprint density at radius 3 is 2.79 bits per heavy atom. The van der Waals surface area contributed by atoms with Crippen LogP contribution in [0.5, 0.6) is 0 Å². The lowest BCUT2D eigenvalue weighted by atomic mass is 10.0. The molecule has 2 aliphatic carbocycles. The van der Waals surface area contributed by atoms with Crippen molar-refractivity contribution in [3.63, 3.8) is 0 Å². The SMILES string of the molecule is CC(=O)Nc1nc2ncn(Cc3nc([C@H]4[C@@H]5C=C(c6ccccc6)C[C@@H]54)no3)c(=O)c2n1C. The molecule has 0 spiro atoms. The Bertz CT molecular complexity index is 1480. The minimum absolute atomic E-state index is 0.114. The van der Waals surface area contributed by atoms with E-state index in [-0.39, 0.29) is 41.0 Å². The Balaban J connectivity index is 1.21. The van der Waals surface area contributed by atoms with E-state index in [1.807, 2.05) is 6.07 Å². The molecule has 6 rings (SSSR count). The number of hydrogen-bond donors (Lipinski definition) is 1. The fourth-order valence-electron chi connectivity index (χ4n) is 4.80. The lowest BCUT2D eigenvalue weighted by Gasteiger charge is -2.05. The second-order valence-electron chi connectivity index (χ2n) is 8.60. The molecule has 1 saturated carbocycles. The van der Waals surface area contributed by atoms with E-state index in [9.17, 15) is 9.59 Å². The van der Waals surface area contributed by atoms with Crippen molar-refractivity contribution in [2.75, 3.05) is 5.32 Å². The smallest absolute Gasteiger partial charge is 0.280 e. The number of rotatable bonds is 5. The average molecular weight is 443 g/mol. The van der Waals surface area contributed by atoms with Gasteiger partial charge in [-0.25, -0.2) is 4.98 Å². The number of fused-ring (bicyclic) bond motifs is 2. The molecule has 4 aromatic rings. The largest absolute Gasteiger partial charge is 0.337 e. The highest BCUT2D eigenvalue weighted by molar-refractivity contribution is 5.89. The molecule has 3 aromatic heterocycles. The number of aryl methyl sites for hydroxylation is 1. The van der Waals surface area contributed by atoms with Crippen molar-refractivity contribution in [1.82, 2.24) is 29.2 Å². The number of hydrogen-bond acceptors (Lipinski definition) is 7. The summed E-state index contributed by atoms with van der Waals surface area (Å²) in [5, 5.41) is 6.78. The van der Waals surface area contributed by atoms with Crippen LogP contribution in [0.4, 0.5) is 5.95 Å². The summed E-state index contributed by atoms with van der Waals surface area (Å²) >= 11 is 0. The third-order valence-electron chi connectivity index (χ3n) is 6.46. The van der Waals surface area contributed by atoms with E-state index in [1.165, 1.54) is 33.5 Å². The number of allylic oxidation sites excluding steroid dienone is 2. The standard InChI is InChI=1S/C23H21N7O3/c1-12(31)25-23-27-21-19(29(23)2)22(32)30(11-24-21)10-17-26-20(28-33-17)18-15-8-14(9-16(15)18)13-6-4-3-5-7-13/h3-8,11,15-16,18H,9-10H2,1-2H3,(H,25,27,31)/t15-,16+,18+/m1/s1. The van der Waals surface area contributed by atoms with Crippen molar-refractivity contribution in [1.29, 1.82) is 0 Å². The van der Waals surface area contributed by atoms with Gasteiger partial charge >= 0.3 is 0 Å². The molecule has 1 aromatic carbocycles. The van der Waals surface area contributed by atoms with Gasteiger partial charge in [0.15, 0.2) is 17.0 Å². The second-order valence-corrected chi connectivity index (χ2v) is 8.60. The predicted octanol–water partition coefficient (Wildman–Crippen LogP) is 2.34. The van der Waals surface area contributed by atoms with Crippen molar-refractivity contribution < 1.29 is 9.32 Å². The lowest BCUT2D eigenvalue weighted by molar-refractivity contribution is -0.114. The number of carbonyl (C=O) groups excluding carboxylic acids is 1. The minimum atomic E-state index is -0.301. The third kappa shape index (κ3) is 3.25. The molecule has 33 heavy (non-hydrogen) atoms. The first-order valence-electron chi connectivity index (χ1n) is 10.8. The molecule has 3 heterocycles. The number of nitrogens with zero attached hydrogens (tertiary/aromatic N) is 6. The second kappa shape index (κ2) is 7.22. The van der Waals surface area contributed by atoms with Crippen molar-refractivity contribution in [2.45, 2.75) is 25.8 Å². The number of benzene rings is 1. The van der Waals surface area contributed by atoms with Gasteiger partial charge in [0.05, 0.1) is 0 Å². The summed E-state index contributed by atoms with van der Waals surface area (Å²) in [5.74, 6) is 2.25. The Morgan fingerprint density at radius 2 is 2.06 bits per heavy atom. The molecule has 3 atom stereocenters. The highest BCUT2D eigenvalue weighted by Crippen LogP contribution is 2.62. The van der Waals surface area contributed by atoms with Gasteiger partial charge in [-0.1, -0.05) is 41.6 Å². The van der Waals surface area contributed by atoms with Crippen molar-refractivity contribution in [2.24, 2.45) is 18.9 Å². The maximum absolute atomic E-state index is 13.0. The predicted molar refractivity (Wildman–Crippen MR) is 119 cm³/mol. The molecule has 1 N–H and O–H groups in total. The maximum Gasteiger partial charge on any atom is 0.280 e. The molecule has 1 amide bonds. The summed E-state index contributed by atoms with van der Waals surface area (Å²) in [6.07, 6.45) is 4.75. The van der Waals surface area contributed by atoms with Crippen LogP contribution in [0.15, 0.2) is 52.1 Å². The van der Waals surface area contributed by atoms with Gasteiger partial charge in [0.1, 0.15) is 12.9 Å². The molecule has 0 unspecified atom stereocenters. The van der Waals surface area contributed by atoms with E-state index in [0.29, 0.717) is 23.6 Å². The Kier molecular flexibility index (Phi) is 4.29. The monoisotopic (exact) mass is 443 g/mol. The number of aromatic nitrogens is 6. The van der Waals surface area contributed by atoms with Crippen LogP contribution in [0.3, 0.4) is 0 Å². The molecule has 166 valence electrons. The fourth-order valence-corrected chi connectivity index (χ4v) is 4.80. The van der Waals surface area contributed by atoms with Crippen LogP contribution in [0.2, 0.25) is 0 Å². The molecule has 0 radical (unpaired) electrons. The molecule has 10 heteroatoms. The first-order valence-corrected chi connectivity index (χ1v) is 10.8. The topological polar surface area (TPSA) is 121 Å². The number of carbonyl (C=O) groups is 1. The Hall–Kier alpha value is -4.08. The normalized spacial score (nSPS) is 21.2. The summed E-state index contributed by atoms with van der Waals surface area (Å²) in [4.78, 5) is 37.4. The van der Waals surface area contributed by atoms with Gasteiger partial charge < -0.3 is 9.09 Å². The van der Waals surface area contributed by atoms with Crippen molar-refractivity contribution >= 4 is 28.6 Å². The molecule has 0 saturated heterocycles. The van der Waals surface area contributed by atoms with Crippen LogP contribution < -0.4 is 10.9 Å². The zero-order valence-electron chi connectivity index (χ0n) is 18.1. The first-order chi connectivity index (χ1) is 16.0. The highest BCUT2D eigenvalue weighted by atomic mass is 16.5. The number of nitrogens with one attached hydrogen (secondary N) is 1. The van der Waals surface area contributed by atoms with E-state index in [2.05, 4.69) is 55.8 Å². The van der Waals surface area contributed by atoms with Gasteiger partial charge in [0.2, 0.25) is 17.7 Å². The van der Waals surface area contributed by atoms with Crippen molar-refractivity contribution in [3.8, 4) is 0 Å². The number of anilines is 1. The van der Waals surface area contributed by atoms with Crippen molar-refractivity contribution in [3.05, 3.63) is 70.4 Å². The lowest BCUT2D eigenvalue weighted by Crippen LogP contribution is -2.23. The average Bonchev–Trinajstić information content (AvgIpc) is 3.17. The summed E-state index contributed by atoms with van der Waals surface area (Å²) in [6.45, 7) is 1.49. The molecule has 2 aliphatic rings. The molecule has 0 bridgehead atoms. The van der Waals surface area contributed by atoms with E-state index >= 15 is 0 Å².